The summed E-state index contributed by atoms with van der Waals surface area (Å²) >= 11 is 0. The quantitative estimate of drug-likeness (QED) is 0.487. The number of rotatable bonds is 6. The normalized spacial score (nSPS) is 20.8. The fraction of sp³-hybridized carbons (Fsp3) is 0.467. The molecule has 41 heavy (non-hydrogen) atoms. The number of amides is 3. The molecule has 0 saturated heterocycles. The number of carbonyl (C=O) groups excluding carboxylic acids is 4. The number of hydrogen-bond acceptors (Lipinski definition) is 5. The van der Waals surface area contributed by atoms with E-state index in [4.69, 9.17) is 4.74 Å². The van der Waals surface area contributed by atoms with E-state index in [0.717, 1.165) is 5.56 Å². The largest absolute Gasteiger partial charge is 0.494 e. The molecule has 3 amide bonds. The number of alkyl halides is 3. The maximum Gasteiger partial charge on any atom is 0.405 e. The van der Waals surface area contributed by atoms with Gasteiger partial charge in [-0.25, -0.2) is 0 Å². The van der Waals surface area contributed by atoms with E-state index in [-0.39, 0.29) is 31.0 Å². The topological polar surface area (TPSA) is 114 Å². The lowest BCUT2D eigenvalue weighted by molar-refractivity contribution is -0.141. The molecule has 2 aromatic rings. The summed E-state index contributed by atoms with van der Waals surface area (Å²) in [5.74, 6) is -2.69. The van der Waals surface area contributed by atoms with Crippen LogP contribution in [-0.2, 0) is 32.0 Å². The molecule has 3 atom stereocenters. The lowest BCUT2D eigenvalue weighted by Gasteiger charge is -2.25. The molecular formula is C30H36F3N3O5. The molecule has 0 spiro atoms. The van der Waals surface area contributed by atoms with Crippen LogP contribution >= 0.6 is 0 Å². The highest BCUT2D eigenvalue weighted by molar-refractivity contribution is 5.94. The molecule has 0 unspecified atom stereocenters. The van der Waals surface area contributed by atoms with Gasteiger partial charge in [-0.3, -0.25) is 19.2 Å². The summed E-state index contributed by atoms with van der Waals surface area (Å²) in [4.78, 5) is 51.6. The summed E-state index contributed by atoms with van der Waals surface area (Å²) in [6, 6.07) is 14.0. The molecule has 222 valence electrons. The zero-order valence-electron chi connectivity index (χ0n) is 23.0. The fourth-order valence-corrected chi connectivity index (χ4v) is 4.70. The molecule has 1 aliphatic rings. The monoisotopic (exact) mass is 575 g/mol. The number of carbonyl (C=O) groups is 4. The Bertz CT molecular complexity index is 1190. The minimum absolute atomic E-state index is 0.0828. The summed E-state index contributed by atoms with van der Waals surface area (Å²) in [5, 5.41) is 7.14. The van der Waals surface area contributed by atoms with Crippen LogP contribution in [0.3, 0.4) is 0 Å². The summed E-state index contributed by atoms with van der Waals surface area (Å²) in [7, 11) is 0. The van der Waals surface area contributed by atoms with Gasteiger partial charge in [-0.1, -0.05) is 42.5 Å². The predicted octanol–water partition coefficient (Wildman–Crippen LogP) is 3.67. The number of halogens is 3. The number of benzene rings is 2. The van der Waals surface area contributed by atoms with Gasteiger partial charge in [-0.2, -0.15) is 13.2 Å². The first-order chi connectivity index (χ1) is 19.5. The Hall–Kier alpha value is -3.89. The van der Waals surface area contributed by atoms with Crippen molar-refractivity contribution in [1.82, 2.24) is 16.0 Å². The van der Waals surface area contributed by atoms with Gasteiger partial charge in [0.1, 0.15) is 18.3 Å². The number of nitrogens with one attached hydrogen (secondary N) is 3. The number of Topliss-reactive ketones (excluding diaryl/α,β-unsaturated/α-hetero) is 1. The van der Waals surface area contributed by atoms with Crippen LogP contribution in [0.1, 0.15) is 50.2 Å². The SMILES string of the molecule is CC(=O)N[C@H]1CCCCOc2cccc(c2)C[C@@H](C(=O)NCC(F)(F)F)NC(=O)[C@H](CCc2ccccc2)CC1=O. The Morgan fingerprint density at radius 1 is 1.02 bits per heavy atom. The Kier molecular flexibility index (Phi) is 11.7. The van der Waals surface area contributed by atoms with Gasteiger partial charge >= 0.3 is 6.18 Å². The van der Waals surface area contributed by atoms with Crippen LogP contribution in [0.4, 0.5) is 13.2 Å². The van der Waals surface area contributed by atoms with Gasteiger partial charge in [0.05, 0.1) is 12.6 Å². The van der Waals surface area contributed by atoms with Crippen LogP contribution in [0.2, 0.25) is 0 Å². The average molecular weight is 576 g/mol. The highest BCUT2D eigenvalue weighted by Gasteiger charge is 2.33. The van der Waals surface area contributed by atoms with Crippen molar-refractivity contribution in [2.75, 3.05) is 13.2 Å². The molecule has 3 N–H and O–H groups in total. The van der Waals surface area contributed by atoms with Crippen LogP contribution in [0, 0.1) is 5.92 Å². The highest BCUT2D eigenvalue weighted by Crippen LogP contribution is 2.20. The predicted molar refractivity (Wildman–Crippen MR) is 146 cm³/mol. The number of fused-ring (bicyclic) bond motifs is 2. The van der Waals surface area contributed by atoms with E-state index in [2.05, 4.69) is 10.6 Å². The molecule has 3 rings (SSSR count). The molecule has 0 fully saturated rings. The van der Waals surface area contributed by atoms with Crippen molar-refractivity contribution >= 4 is 23.5 Å². The van der Waals surface area contributed by atoms with Crippen molar-refractivity contribution < 1.29 is 37.1 Å². The van der Waals surface area contributed by atoms with Crippen molar-refractivity contribution in [2.45, 2.75) is 70.1 Å². The second-order valence-corrected chi connectivity index (χ2v) is 10.2. The van der Waals surface area contributed by atoms with Crippen LogP contribution in [0.5, 0.6) is 5.75 Å². The van der Waals surface area contributed by atoms with E-state index in [1.165, 1.54) is 6.92 Å². The van der Waals surface area contributed by atoms with Gasteiger partial charge in [-0.05, 0) is 55.4 Å². The van der Waals surface area contributed by atoms with Gasteiger partial charge in [0.2, 0.25) is 17.7 Å². The molecule has 8 nitrogen and oxygen atoms in total. The Morgan fingerprint density at radius 3 is 2.49 bits per heavy atom. The van der Waals surface area contributed by atoms with E-state index in [1.807, 2.05) is 35.6 Å². The standard InChI is InChI=1S/C30H36F3N3O5/c1-20(37)35-25-12-5-6-15-41-24-11-7-10-22(16-24)17-26(29(40)34-19-30(31,32)33)36-28(39)23(18-27(25)38)14-13-21-8-3-2-4-9-21/h2-4,7-11,16,23,25-26H,5-6,12-15,17-19H2,1H3,(H,34,40)(H,35,37)(H,36,39)/t23-,25+,26+/m1/s1. The number of ether oxygens (including phenoxy) is 1. The first-order valence-electron chi connectivity index (χ1n) is 13.7. The third-order valence-corrected chi connectivity index (χ3v) is 6.80. The number of hydrogen-bond donors (Lipinski definition) is 3. The minimum atomic E-state index is -4.63. The summed E-state index contributed by atoms with van der Waals surface area (Å²) < 4.78 is 44.4. The van der Waals surface area contributed by atoms with E-state index >= 15 is 0 Å². The van der Waals surface area contributed by atoms with Crippen LogP contribution < -0.4 is 20.7 Å². The molecule has 2 bridgehead atoms. The Balaban J connectivity index is 1.91. The zero-order chi connectivity index (χ0) is 29.8. The minimum Gasteiger partial charge on any atom is -0.494 e. The van der Waals surface area contributed by atoms with Crippen LogP contribution in [-0.4, -0.2) is 54.9 Å². The third kappa shape index (κ3) is 11.3. The van der Waals surface area contributed by atoms with E-state index < -0.39 is 42.5 Å². The van der Waals surface area contributed by atoms with Crippen molar-refractivity contribution in [1.29, 1.82) is 0 Å². The molecule has 2 aromatic carbocycles. The first-order valence-corrected chi connectivity index (χ1v) is 13.7. The van der Waals surface area contributed by atoms with Gasteiger partial charge in [-0.15, -0.1) is 0 Å². The molecule has 1 heterocycles. The van der Waals surface area contributed by atoms with Crippen molar-refractivity contribution in [3.05, 3.63) is 65.7 Å². The fourth-order valence-electron chi connectivity index (χ4n) is 4.70. The number of ketones is 1. The lowest BCUT2D eigenvalue weighted by Crippen LogP contribution is -2.51. The van der Waals surface area contributed by atoms with Gasteiger partial charge in [0.25, 0.3) is 0 Å². The Labute approximate surface area is 237 Å². The van der Waals surface area contributed by atoms with Gasteiger partial charge in [0.15, 0.2) is 5.78 Å². The van der Waals surface area contributed by atoms with Crippen molar-refractivity contribution in [3.8, 4) is 5.75 Å². The second-order valence-electron chi connectivity index (χ2n) is 10.2. The second kappa shape index (κ2) is 15.2. The van der Waals surface area contributed by atoms with Gasteiger partial charge < -0.3 is 20.7 Å². The summed E-state index contributed by atoms with van der Waals surface area (Å²) in [6.45, 7) is 0.109. The van der Waals surface area contributed by atoms with Gasteiger partial charge in [0, 0.05) is 25.7 Å². The van der Waals surface area contributed by atoms with Crippen LogP contribution in [0.25, 0.3) is 0 Å². The molecule has 0 aromatic heterocycles. The van der Waals surface area contributed by atoms with E-state index in [1.54, 1.807) is 24.3 Å². The average Bonchev–Trinajstić information content (AvgIpc) is 2.92. The Morgan fingerprint density at radius 2 is 1.78 bits per heavy atom. The molecule has 0 aliphatic carbocycles. The molecule has 0 saturated carbocycles. The van der Waals surface area contributed by atoms with E-state index in [0.29, 0.717) is 43.6 Å². The highest BCUT2D eigenvalue weighted by atomic mass is 19.4. The smallest absolute Gasteiger partial charge is 0.405 e. The first kappa shape index (κ1) is 31.6. The third-order valence-electron chi connectivity index (χ3n) is 6.80. The van der Waals surface area contributed by atoms with Crippen LogP contribution in [0.15, 0.2) is 54.6 Å². The molecule has 11 heteroatoms. The van der Waals surface area contributed by atoms with Crippen molar-refractivity contribution in [3.63, 3.8) is 0 Å². The summed E-state index contributed by atoms with van der Waals surface area (Å²) in [5.41, 5.74) is 1.53. The maximum absolute atomic E-state index is 13.6. The lowest BCUT2D eigenvalue weighted by atomic mass is 9.90. The van der Waals surface area contributed by atoms with E-state index in [9.17, 15) is 32.3 Å². The number of aryl methyl sites for hydroxylation is 1. The van der Waals surface area contributed by atoms with Crippen molar-refractivity contribution in [2.24, 2.45) is 5.92 Å². The summed E-state index contributed by atoms with van der Waals surface area (Å²) in [6.07, 6.45) is -2.64. The molecule has 0 radical (unpaired) electrons. The zero-order valence-corrected chi connectivity index (χ0v) is 23.0. The maximum atomic E-state index is 13.6. The molecule has 1 aliphatic heterocycles. The molecular weight excluding hydrogens is 539 g/mol.